The zero-order chi connectivity index (χ0) is 10.8. The zero-order valence-electron chi connectivity index (χ0n) is 8.99. The molecule has 3 heteroatoms. The minimum atomic E-state index is 0.345. The minimum Gasteiger partial charge on any atom is -0.326 e. The molecule has 2 unspecified atom stereocenters. The second kappa shape index (κ2) is 4.64. The van der Waals surface area contributed by atoms with Crippen molar-refractivity contribution in [3.05, 3.63) is 34.3 Å². The number of halogens is 1. The Labute approximate surface area is 99.6 Å². The van der Waals surface area contributed by atoms with Gasteiger partial charge in [-0.15, -0.1) is 0 Å². The molecule has 1 aromatic rings. The largest absolute Gasteiger partial charge is 0.326 e. The van der Waals surface area contributed by atoms with Gasteiger partial charge in [-0.1, -0.05) is 28.1 Å². The fraction of sp³-hybridized carbons (Fsp3) is 0.500. The van der Waals surface area contributed by atoms with E-state index < -0.39 is 0 Å². The van der Waals surface area contributed by atoms with Gasteiger partial charge in [-0.05, 0) is 31.0 Å². The first-order valence-corrected chi connectivity index (χ1v) is 6.20. The number of hydrogen-bond donors (Lipinski definition) is 1. The summed E-state index contributed by atoms with van der Waals surface area (Å²) in [5.74, 6) is 0. The molecule has 2 nitrogen and oxygen atoms in total. The highest BCUT2D eigenvalue weighted by Gasteiger charge is 2.27. The van der Waals surface area contributed by atoms with Crippen LogP contribution < -0.4 is 5.73 Å². The van der Waals surface area contributed by atoms with Gasteiger partial charge < -0.3 is 5.73 Å². The van der Waals surface area contributed by atoms with Crippen LogP contribution in [0.3, 0.4) is 0 Å². The van der Waals surface area contributed by atoms with Gasteiger partial charge in [0.1, 0.15) is 0 Å². The first-order chi connectivity index (χ1) is 7.16. The van der Waals surface area contributed by atoms with Crippen molar-refractivity contribution in [2.45, 2.75) is 32.0 Å². The van der Waals surface area contributed by atoms with Gasteiger partial charge in [-0.25, -0.2) is 0 Å². The van der Waals surface area contributed by atoms with Crippen molar-refractivity contribution in [2.75, 3.05) is 6.54 Å². The lowest BCUT2D eigenvalue weighted by atomic mass is 10.1. The Hall–Kier alpha value is -0.380. The molecule has 0 spiro atoms. The third-order valence-corrected chi connectivity index (χ3v) is 3.71. The van der Waals surface area contributed by atoms with Crippen molar-refractivity contribution < 1.29 is 0 Å². The van der Waals surface area contributed by atoms with Crippen molar-refractivity contribution in [1.29, 1.82) is 0 Å². The fourth-order valence-electron chi connectivity index (χ4n) is 2.12. The van der Waals surface area contributed by atoms with Crippen LogP contribution in [0.25, 0.3) is 0 Å². The summed E-state index contributed by atoms with van der Waals surface area (Å²) in [4.78, 5) is 2.45. The standard InChI is InChI=1S/C12H17BrN2/c1-9-12(14)5-6-15(9)8-10-3-2-4-11(13)7-10/h2-4,7,9,12H,5-6,8,14H2,1H3. The molecule has 0 radical (unpaired) electrons. The van der Waals surface area contributed by atoms with Crippen molar-refractivity contribution in [3.8, 4) is 0 Å². The lowest BCUT2D eigenvalue weighted by Gasteiger charge is -2.22. The van der Waals surface area contributed by atoms with E-state index in [9.17, 15) is 0 Å². The summed E-state index contributed by atoms with van der Waals surface area (Å²) in [5, 5.41) is 0. The molecule has 2 rings (SSSR count). The number of benzene rings is 1. The third-order valence-electron chi connectivity index (χ3n) is 3.22. The van der Waals surface area contributed by atoms with Crippen LogP contribution in [0.2, 0.25) is 0 Å². The summed E-state index contributed by atoms with van der Waals surface area (Å²) >= 11 is 3.50. The highest BCUT2D eigenvalue weighted by atomic mass is 79.9. The molecule has 0 aromatic heterocycles. The van der Waals surface area contributed by atoms with E-state index in [1.54, 1.807) is 0 Å². The molecule has 1 aliphatic rings. The summed E-state index contributed by atoms with van der Waals surface area (Å²) in [6.07, 6.45) is 1.12. The predicted octanol–water partition coefficient (Wildman–Crippen LogP) is 2.37. The zero-order valence-corrected chi connectivity index (χ0v) is 10.6. The number of nitrogens with zero attached hydrogens (tertiary/aromatic N) is 1. The lowest BCUT2D eigenvalue weighted by Crippen LogP contribution is -2.36. The van der Waals surface area contributed by atoms with E-state index in [-0.39, 0.29) is 0 Å². The van der Waals surface area contributed by atoms with Crippen molar-refractivity contribution >= 4 is 15.9 Å². The first kappa shape index (κ1) is 11.1. The maximum Gasteiger partial charge on any atom is 0.0237 e. The second-order valence-corrected chi connectivity index (χ2v) is 5.21. The van der Waals surface area contributed by atoms with E-state index >= 15 is 0 Å². The molecular weight excluding hydrogens is 252 g/mol. The summed E-state index contributed by atoms with van der Waals surface area (Å²) in [5.41, 5.74) is 7.35. The topological polar surface area (TPSA) is 29.3 Å². The van der Waals surface area contributed by atoms with Crippen LogP contribution in [0, 0.1) is 0 Å². The van der Waals surface area contributed by atoms with Gasteiger partial charge in [-0.2, -0.15) is 0 Å². The molecule has 82 valence electrons. The molecule has 1 aliphatic heterocycles. The SMILES string of the molecule is CC1C(N)CCN1Cc1cccc(Br)c1. The summed E-state index contributed by atoms with van der Waals surface area (Å²) in [7, 11) is 0. The van der Waals surface area contributed by atoms with E-state index in [4.69, 9.17) is 5.73 Å². The molecule has 1 fully saturated rings. The van der Waals surface area contributed by atoms with Crippen LogP contribution in [0.4, 0.5) is 0 Å². The summed E-state index contributed by atoms with van der Waals surface area (Å²) in [6.45, 7) is 4.35. The third kappa shape index (κ3) is 2.60. The van der Waals surface area contributed by atoms with Crippen molar-refractivity contribution in [2.24, 2.45) is 5.73 Å². The van der Waals surface area contributed by atoms with Crippen LogP contribution in [-0.2, 0) is 6.54 Å². The van der Waals surface area contributed by atoms with Gasteiger partial charge in [0.25, 0.3) is 0 Å². The van der Waals surface area contributed by atoms with Crippen molar-refractivity contribution in [3.63, 3.8) is 0 Å². The molecule has 1 saturated heterocycles. The number of likely N-dealkylation sites (tertiary alicyclic amines) is 1. The van der Waals surface area contributed by atoms with Gasteiger partial charge in [0.2, 0.25) is 0 Å². The quantitative estimate of drug-likeness (QED) is 0.893. The molecule has 15 heavy (non-hydrogen) atoms. The number of hydrogen-bond acceptors (Lipinski definition) is 2. The lowest BCUT2D eigenvalue weighted by molar-refractivity contribution is 0.251. The molecular formula is C12H17BrN2. The molecule has 0 amide bonds. The van der Waals surface area contributed by atoms with E-state index in [1.807, 2.05) is 0 Å². The van der Waals surface area contributed by atoms with Crippen LogP contribution in [0.15, 0.2) is 28.7 Å². The molecule has 0 bridgehead atoms. The molecule has 0 aliphatic carbocycles. The maximum atomic E-state index is 6.00. The van der Waals surface area contributed by atoms with Crippen LogP contribution >= 0.6 is 15.9 Å². The van der Waals surface area contributed by atoms with E-state index in [0.29, 0.717) is 12.1 Å². The molecule has 1 aromatic carbocycles. The molecule has 0 saturated carbocycles. The van der Waals surface area contributed by atoms with E-state index in [0.717, 1.165) is 24.0 Å². The highest BCUT2D eigenvalue weighted by molar-refractivity contribution is 9.10. The first-order valence-electron chi connectivity index (χ1n) is 5.41. The molecule has 1 heterocycles. The van der Waals surface area contributed by atoms with Crippen molar-refractivity contribution in [1.82, 2.24) is 4.90 Å². The summed E-state index contributed by atoms with van der Waals surface area (Å²) < 4.78 is 1.15. The van der Waals surface area contributed by atoms with Gasteiger partial charge in [0, 0.05) is 29.6 Å². The van der Waals surface area contributed by atoms with Gasteiger partial charge in [-0.3, -0.25) is 4.90 Å². The Balaban J connectivity index is 2.03. The maximum absolute atomic E-state index is 6.00. The smallest absolute Gasteiger partial charge is 0.0237 e. The Kier molecular flexibility index (Phi) is 3.44. The van der Waals surface area contributed by atoms with Gasteiger partial charge >= 0.3 is 0 Å². The van der Waals surface area contributed by atoms with Crippen LogP contribution in [0.5, 0.6) is 0 Å². The fourth-order valence-corrected chi connectivity index (χ4v) is 2.57. The monoisotopic (exact) mass is 268 g/mol. The Morgan fingerprint density at radius 3 is 2.93 bits per heavy atom. The normalized spacial score (nSPS) is 27.1. The predicted molar refractivity (Wildman–Crippen MR) is 66.6 cm³/mol. The van der Waals surface area contributed by atoms with Gasteiger partial charge in [0.05, 0.1) is 0 Å². The summed E-state index contributed by atoms with van der Waals surface area (Å²) in [6, 6.07) is 9.33. The highest BCUT2D eigenvalue weighted by Crippen LogP contribution is 2.20. The second-order valence-electron chi connectivity index (χ2n) is 4.29. The number of nitrogens with two attached hydrogens (primary N) is 1. The van der Waals surface area contributed by atoms with E-state index in [1.165, 1.54) is 5.56 Å². The van der Waals surface area contributed by atoms with Crippen LogP contribution in [0.1, 0.15) is 18.9 Å². The number of rotatable bonds is 2. The van der Waals surface area contributed by atoms with Crippen LogP contribution in [-0.4, -0.2) is 23.5 Å². The van der Waals surface area contributed by atoms with E-state index in [2.05, 4.69) is 52.0 Å². The Morgan fingerprint density at radius 2 is 2.33 bits per heavy atom. The molecule has 2 N–H and O–H groups in total. The molecule has 2 atom stereocenters. The Morgan fingerprint density at radius 1 is 1.53 bits per heavy atom. The Bertz CT molecular complexity index is 340. The minimum absolute atomic E-state index is 0.345. The van der Waals surface area contributed by atoms with Gasteiger partial charge in [0.15, 0.2) is 0 Å². The average molecular weight is 269 g/mol. The average Bonchev–Trinajstić information content (AvgIpc) is 2.50.